The summed E-state index contributed by atoms with van der Waals surface area (Å²) in [6, 6.07) is 13.0. The van der Waals surface area contributed by atoms with Crippen molar-refractivity contribution in [3.8, 4) is 17.0 Å². The lowest BCUT2D eigenvalue weighted by Crippen LogP contribution is -2.51. The van der Waals surface area contributed by atoms with E-state index in [1.807, 2.05) is 13.0 Å². The Balaban J connectivity index is 1.15. The van der Waals surface area contributed by atoms with Gasteiger partial charge in [-0.3, -0.25) is 9.69 Å². The van der Waals surface area contributed by atoms with Gasteiger partial charge in [0.05, 0.1) is 24.3 Å². The van der Waals surface area contributed by atoms with Gasteiger partial charge in [0, 0.05) is 43.7 Å². The molecule has 212 valence electrons. The number of fused-ring (bicyclic) bond motifs is 2. The van der Waals surface area contributed by atoms with Gasteiger partial charge < -0.3 is 19.5 Å². The second-order valence-corrected chi connectivity index (χ2v) is 12.8. The average molecular weight is 562 g/mol. The zero-order chi connectivity index (χ0) is 27.9. The Morgan fingerprint density at radius 2 is 1.88 bits per heavy atom. The summed E-state index contributed by atoms with van der Waals surface area (Å²) >= 11 is 1.64. The van der Waals surface area contributed by atoms with Crippen LogP contribution >= 0.6 is 11.3 Å². The fourth-order valence-corrected chi connectivity index (χ4v) is 7.55. The lowest BCUT2D eigenvalue weighted by molar-refractivity contribution is -0.153. The molecule has 40 heavy (non-hydrogen) atoms. The van der Waals surface area contributed by atoms with E-state index in [1.165, 1.54) is 16.7 Å². The molecule has 0 amide bonds. The van der Waals surface area contributed by atoms with Crippen molar-refractivity contribution >= 4 is 22.4 Å². The van der Waals surface area contributed by atoms with Gasteiger partial charge in [-0.25, -0.2) is 4.98 Å². The molecule has 3 aromatic rings. The standard InChI is InChI=1S/C32H39N3O4S/c1-21-4-9-29(39-19-24-6-5-23(15-22(24)2)16-34-10-12-38-13-11-34)27(14-21)28-20-40-31(33-28)35-17-25-7-8-26(18-35)32(25,3)30(36)37/h4-6,9,14-15,20,25-26H,7-8,10-13,16-19H2,1-3H3,(H,36,37)/t25-,26?,32?/m0/s1. The van der Waals surface area contributed by atoms with Crippen LogP contribution in [0.1, 0.15) is 42.0 Å². The summed E-state index contributed by atoms with van der Waals surface area (Å²) in [5, 5.41) is 13.0. The van der Waals surface area contributed by atoms with Crippen LogP contribution in [0.5, 0.6) is 5.75 Å². The van der Waals surface area contributed by atoms with Crippen LogP contribution in [0.25, 0.3) is 11.3 Å². The van der Waals surface area contributed by atoms with Gasteiger partial charge in [-0.15, -0.1) is 11.3 Å². The predicted octanol–water partition coefficient (Wildman–Crippen LogP) is 5.78. The van der Waals surface area contributed by atoms with E-state index < -0.39 is 11.4 Å². The average Bonchev–Trinajstić information content (AvgIpc) is 3.48. The Hall–Kier alpha value is -2.94. The van der Waals surface area contributed by atoms with Crippen molar-refractivity contribution in [2.45, 2.75) is 46.8 Å². The monoisotopic (exact) mass is 561 g/mol. The Bertz CT molecular complexity index is 1370. The first-order valence-electron chi connectivity index (χ1n) is 14.4. The number of nitrogens with zero attached hydrogens (tertiary/aromatic N) is 3. The summed E-state index contributed by atoms with van der Waals surface area (Å²) in [6.07, 6.45) is 1.96. The van der Waals surface area contributed by atoms with Gasteiger partial charge in [-0.05, 0) is 74.3 Å². The van der Waals surface area contributed by atoms with Gasteiger partial charge >= 0.3 is 5.97 Å². The number of morpholine rings is 1. The summed E-state index contributed by atoms with van der Waals surface area (Å²) in [4.78, 5) is 21.9. The van der Waals surface area contributed by atoms with Crippen LogP contribution < -0.4 is 9.64 Å². The number of aromatic nitrogens is 1. The first-order valence-corrected chi connectivity index (χ1v) is 15.3. The Morgan fingerprint density at radius 1 is 1.12 bits per heavy atom. The molecule has 2 aromatic carbocycles. The summed E-state index contributed by atoms with van der Waals surface area (Å²) in [5.74, 6) is 0.509. The number of carbonyl (C=O) groups is 1. The third-order valence-electron chi connectivity index (χ3n) is 9.38. The summed E-state index contributed by atoms with van der Waals surface area (Å²) in [7, 11) is 0. The van der Waals surface area contributed by atoms with E-state index in [4.69, 9.17) is 14.5 Å². The minimum Gasteiger partial charge on any atom is -0.488 e. The molecule has 1 saturated carbocycles. The van der Waals surface area contributed by atoms with Crippen molar-refractivity contribution in [2.24, 2.45) is 17.3 Å². The van der Waals surface area contributed by atoms with E-state index in [1.54, 1.807) is 11.3 Å². The minimum atomic E-state index is -0.650. The van der Waals surface area contributed by atoms with Crippen molar-refractivity contribution in [3.63, 3.8) is 0 Å². The third kappa shape index (κ3) is 5.24. The SMILES string of the molecule is Cc1ccc(OCc2ccc(CN3CCOCC3)cc2C)c(-c2csc(N3CC4CC[C@@H](C3)C4(C)C(=O)O)n2)c1. The van der Waals surface area contributed by atoms with Crippen LogP contribution in [0.2, 0.25) is 0 Å². The van der Waals surface area contributed by atoms with E-state index in [-0.39, 0.29) is 11.8 Å². The topological polar surface area (TPSA) is 75.1 Å². The molecule has 2 saturated heterocycles. The number of aliphatic carboxylic acids is 1. The molecule has 1 aliphatic carbocycles. The first-order chi connectivity index (χ1) is 19.3. The Kier molecular flexibility index (Phi) is 7.59. The van der Waals surface area contributed by atoms with Crippen LogP contribution in [0, 0.1) is 31.1 Å². The fraction of sp³-hybridized carbons (Fsp3) is 0.500. The van der Waals surface area contributed by atoms with Crippen LogP contribution in [0.3, 0.4) is 0 Å². The molecule has 2 aliphatic heterocycles. The van der Waals surface area contributed by atoms with Crippen LogP contribution in [0.15, 0.2) is 41.8 Å². The zero-order valence-electron chi connectivity index (χ0n) is 23.7. The van der Waals surface area contributed by atoms with E-state index in [0.717, 1.165) is 86.5 Å². The number of thiazole rings is 1. The molecule has 1 N–H and O–H groups in total. The molecular weight excluding hydrogens is 522 g/mol. The number of carboxylic acid groups (broad SMARTS) is 1. The van der Waals surface area contributed by atoms with Gasteiger partial charge in [-0.2, -0.15) is 0 Å². The Labute approximate surface area is 240 Å². The van der Waals surface area contributed by atoms with Crippen LogP contribution in [0.4, 0.5) is 5.13 Å². The van der Waals surface area contributed by atoms with Gasteiger partial charge in [0.2, 0.25) is 0 Å². The van der Waals surface area contributed by atoms with Crippen molar-refractivity contribution in [1.82, 2.24) is 9.88 Å². The molecule has 2 unspecified atom stereocenters. The number of piperidine rings is 1. The van der Waals surface area contributed by atoms with Crippen molar-refractivity contribution in [1.29, 1.82) is 0 Å². The molecule has 7 nitrogen and oxygen atoms in total. The third-order valence-corrected chi connectivity index (χ3v) is 10.3. The molecule has 3 heterocycles. The Morgan fingerprint density at radius 3 is 2.58 bits per heavy atom. The fourth-order valence-electron chi connectivity index (χ4n) is 6.70. The highest BCUT2D eigenvalue weighted by Gasteiger charge is 2.56. The number of rotatable bonds is 8. The maximum absolute atomic E-state index is 12.1. The molecule has 6 rings (SSSR count). The number of carboxylic acids is 1. The lowest BCUT2D eigenvalue weighted by atomic mass is 9.71. The van der Waals surface area contributed by atoms with E-state index >= 15 is 0 Å². The minimum absolute atomic E-state index is 0.164. The van der Waals surface area contributed by atoms with Gasteiger partial charge in [-0.1, -0.05) is 29.8 Å². The quantitative estimate of drug-likeness (QED) is 0.374. The smallest absolute Gasteiger partial charge is 0.310 e. The highest BCUT2D eigenvalue weighted by Crippen LogP contribution is 2.52. The predicted molar refractivity (Wildman–Crippen MR) is 158 cm³/mol. The number of hydrogen-bond donors (Lipinski definition) is 1. The number of aryl methyl sites for hydroxylation is 2. The number of ether oxygens (including phenoxy) is 2. The summed E-state index contributed by atoms with van der Waals surface area (Å²) < 4.78 is 11.9. The summed E-state index contributed by atoms with van der Waals surface area (Å²) in [5.41, 5.74) is 6.20. The second kappa shape index (κ2) is 11.1. The van der Waals surface area contributed by atoms with Gasteiger partial charge in [0.1, 0.15) is 12.4 Å². The molecule has 0 radical (unpaired) electrons. The molecule has 3 atom stereocenters. The lowest BCUT2D eigenvalue weighted by Gasteiger charge is -2.42. The van der Waals surface area contributed by atoms with Crippen molar-refractivity contribution in [2.75, 3.05) is 44.3 Å². The van der Waals surface area contributed by atoms with Crippen molar-refractivity contribution in [3.05, 3.63) is 64.0 Å². The molecule has 1 aromatic heterocycles. The van der Waals surface area contributed by atoms with Gasteiger partial charge in [0.15, 0.2) is 5.13 Å². The van der Waals surface area contributed by atoms with Crippen LogP contribution in [-0.4, -0.2) is 60.4 Å². The number of hydrogen-bond acceptors (Lipinski definition) is 7. The summed E-state index contributed by atoms with van der Waals surface area (Å²) in [6.45, 7) is 12.7. The maximum atomic E-state index is 12.1. The van der Waals surface area contributed by atoms with Gasteiger partial charge in [0.25, 0.3) is 0 Å². The maximum Gasteiger partial charge on any atom is 0.310 e. The molecule has 8 heteroatoms. The molecule has 0 spiro atoms. The van der Waals surface area contributed by atoms with E-state index in [9.17, 15) is 9.90 Å². The normalized spacial score (nSPS) is 24.8. The second-order valence-electron chi connectivity index (χ2n) is 11.9. The number of benzene rings is 2. The highest BCUT2D eigenvalue weighted by atomic mass is 32.1. The first kappa shape index (κ1) is 27.2. The van der Waals surface area contributed by atoms with Crippen LogP contribution in [-0.2, 0) is 22.7 Å². The molecule has 2 bridgehead atoms. The van der Waals surface area contributed by atoms with E-state index in [0.29, 0.717) is 6.61 Å². The van der Waals surface area contributed by atoms with Crippen molar-refractivity contribution < 1.29 is 19.4 Å². The molecule has 3 fully saturated rings. The number of anilines is 1. The zero-order valence-corrected chi connectivity index (χ0v) is 24.5. The molecular formula is C32H39N3O4S. The molecule has 3 aliphatic rings. The van der Waals surface area contributed by atoms with E-state index in [2.05, 4.69) is 59.4 Å². The highest BCUT2D eigenvalue weighted by molar-refractivity contribution is 7.14. The largest absolute Gasteiger partial charge is 0.488 e.